The lowest BCUT2D eigenvalue weighted by Crippen LogP contribution is -2.65. The first-order valence-electron chi connectivity index (χ1n) is 9.74. The second-order valence-electron chi connectivity index (χ2n) is 7.93. The largest absolute Gasteiger partial charge is 0.354 e. The zero-order valence-corrected chi connectivity index (χ0v) is 17.0. The smallest absolute Gasteiger partial charge is 0.278 e. The maximum Gasteiger partial charge on any atom is 0.278 e. The van der Waals surface area contributed by atoms with Crippen LogP contribution in [0.5, 0.6) is 0 Å². The minimum absolute atomic E-state index is 0.0647. The third-order valence-electron chi connectivity index (χ3n) is 6.04. The van der Waals surface area contributed by atoms with E-state index in [0.717, 1.165) is 6.42 Å². The summed E-state index contributed by atoms with van der Waals surface area (Å²) in [4.78, 5) is 36.7. The number of fused-ring (bicyclic) bond motifs is 5. The van der Waals surface area contributed by atoms with Gasteiger partial charge in [0.15, 0.2) is 0 Å². The molecule has 4 rings (SSSR count). The van der Waals surface area contributed by atoms with Gasteiger partial charge in [-0.1, -0.05) is 6.92 Å². The second-order valence-corrected chi connectivity index (χ2v) is 7.93. The van der Waals surface area contributed by atoms with Crippen molar-refractivity contribution in [1.82, 2.24) is 14.5 Å². The maximum absolute atomic E-state index is 14.5. The molecule has 0 spiro atoms. The molecule has 2 aromatic rings. The van der Waals surface area contributed by atoms with Crippen molar-refractivity contribution in [3.63, 3.8) is 0 Å². The number of aryl methyl sites for hydroxylation is 2. The highest BCUT2D eigenvalue weighted by Gasteiger charge is 2.44. The number of carbonyl (C=O) groups excluding carboxylic acids is 1. The van der Waals surface area contributed by atoms with Crippen LogP contribution in [0, 0.1) is 12.7 Å². The summed E-state index contributed by atoms with van der Waals surface area (Å²) in [6.45, 7) is 7.27. The van der Waals surface area contributed by atoms with Crippen molar-refractivity contribution in [1.29, 1.82) is 0 Å². The van der Waals surface area contributed by atoms with Gasteiger partial charge >= 0.3 is 0 Å². The molecular formula is C20H26FN5O2. The van der Waals surface area contributed by atoms with Gasteiger partial charge in [0.1, 0.15) is 23.2 Å². The topological polar surface area (TPSA) is 61.7 Å². The molecule has 0 N–H and O–H groups in total. The molecule has 4 heterocycles. The fraction of sp³-hybridized carbons (Fsp3) is 0.550. The lowest BCUT2D eigenvalue weighted by atomic mass is 9.99. The third kappa shape index (κ3) is 2.54. The number of carbonyl (C=O) groups is 1. The van der Waals surface area contributed by atoms with Gasteiger partial charge in [-0.3, -0.25) is 19.1 Å². The van der Waals surface area contributed by atoms with Crippen LogP contribution < -0.4 is 15.4 Å². The van der Waals surface area contributed by atoms with Gasteiger partial charge < -0.3 is 9.80 Å². The summed E-state index contributed by atoms with van der Waals surface area (Å²) < 4.78 is 15.9. The van der Waals surface area contributed by atoms with Crippen molar-refractivity contribution in [3.8, 4) is 0 Å². The van der Waals surface area contributed by atoms with Crippen LogP contribution in [-0.4, -0.2) is 59.1 Å². The van der Waals surface area contributed by atoms with Gasteiger partial charge in [-0.25, -0.2) is 9.37 Å². The molecule has 7 nitrogen and oxygen atoms in total. The van der Waals surface area contributed by atoms with Crippen LogP contribution in [0.3, 0.4) is 0 Å². The Labute approximate surface area is 163 Å². The van der Waals surface area contributed by atoms with E-state index >= 15 is 0 Å². The Morgan fingerprint density at radius 2 is 1.93 bits per heavy atom. The van der Waals surface area contributed by atoms with Crippen LogP contribution in [-0.2, 0) is 11.8 Å². The number of hydrogen-bond acceptors (Lipinski definition) is 5. The molecule has 150 valence electrons. The van der Waals surface area contributed by atoms with E-state index in [0.29, 0.717) is 42.0 Å². The van der Waals surface area contributed by atoms with Crippen LogP contribution in [0.25, 0.3) is 11.0 Å². The normalized spacial score (nSPS) is 22.6. The second kappa shape index (κ2) is 6.55. The first-order chi connectivity index (χ1) is 13.3. The summed E-state index contributed by atoms with van der Waals surface area (Å²) in [5.74, 6) is -0.476. The summed E-state index contributed by atoms with van der Waals surface area (Å²) in [7, 11) is 3.63. The minimum atomic E-state index is -0.411. The van der Waals surface area contributed by atoms with Crippen molar-refractivity contribution >= 4 is 28.3 Å². The highest BCUT2D eigenvalue weighted by atomic mass is 19.1. The SMILES string of the molecule is CCCN1C(=O)C2CN(C)C(C)CN2c2c1c(=O)n(C)c1nc(C)c(F)cc21. The van der Waals surface area contributed by atoms with E-state index in [1.54, 1.807) is 18.9 Å². The lowest BCUT2D eigenvalue weighted by Gasteiger charge is -2.49. The number of piperazine rings is 1. The van der Waals surface area contributed by atoms with E-state index in [1.165, 1.54) is 10.6 Å². The molecule has 2 unspecified atom stereocenters. The number of hydrogen-bond donors (Lipinski definition) is 0. The molecule has 1 saturated heterocycles. The quantitative estimate of drug-likeness (QED) is 0.784. The minimum Gasteiger partial charge on any atom is -0.354 e. The predicted molar refractivity (Wildman–Crippen MR) is 108 cm³/mol. The maximum atomic E-state index is 14.5. The Kier molecular flexibility index (Phi) is 4.41. The first kappa shape index (κ1) is 18.9. The average Bonchev–Trinajstić information content (AvgIpc) is 2.65. The van der Waals surface area contributed by atoms with Gasteiger partial charge in [0.2, 0.25) is 0 Å². The van der Waals surface area contributed by atoms with E-state index in [2.05, 4.69) is 16.8 Å². The Morgan fingerprint density at radius 1 is 1.21 bits per heavy atom. The van der Waals surface area contributed by atoms with Crippen molar-refractivity contribution in [2.45, 2.75) is 39.3 Å². The molecule has 2 aliphatic rings. The number of rotatable bonds is 2. The predicted octanol–water partition coefficient (Wildman–Crippen LogP) is 1.65. The van der Waals surface area contributed by atoms with E-state index in [9.17, 15) is 14.0 Å². The molecule has 2 atom stereocenters. The number of halogens is 1. The summed E-state index contributed by atoms with van der Waals surface area (Å²) >= 11 is 0. The van der Waals surface area contributed by atoms with E-state index in [1.807, 2.05) is 18.9 Å². The number of nitrogens with zero attached hydrogens (tertiary/aromatic N) is 5. The summed E-state index contributed by atoms with van der Waals surface area (Å²) in [5, 5.41) is 0.579. The Bertz CT molecular complexity index is 1030. The summed E-state index contributed by atoms with van der Waals surface area (Å²) in [6.07, 6.45) is 0.728. The fourth-order valence-corrected chi connectivity index (χ4v) is 4.31. The number of amides is 1. The summed E-state index contributed by atoms with van der Waals surface area (Å²) in [5.41, 5.74) is 1.41. The molecule has 2 aliphatic heterocycles. The van der Waals surface area contributed by atoms with E-state index in [-0.39, 0.29) is 29.2 Å². The van der Waals surface area contributed by atoms with Gasteiger partial charge in [-0.15, -0.1) is 0 Å². The molecular weight excluding hydrogens is 361 g/mol. The van der Waals surface area contributed by atoms with Crippen LogP contribution >= 0.6 is 0 Å². The first-order valence-corrected chi connectivity index (χ1v) is 9.74. The highest BCUT2D eigenvalue weighted by molar-refractivity contribution is 6.11. The van der Waals surface area contributed by atoms with Crippen LogP contribution in [0.1, 0.15) is 26.0 Å². The van der Waals surface area contributed by atoms with Crippen molar-refractivity contribution in [2.75, 3.05) is 36.5 Å². The molecule has 28 heavy (non-hydrogen) atoms. The van der Waals surface area contributed by atoms with Gasteiger partial charge in [0.05, 0.1) is 11.4 Å². The van der Waals surface area contributed by atoms with Gasteiger partial charge in [-0.05, 0) is 33.4 Å². The number of anilines is 2. The van der Waals surface area contributed by atoms with Gasteiger partial charge in [-0.2, -0.15) is 0 Å². The zero-order chi connectivity index (χ0) is 20.3. The van der Waals surface area contributed by atoms with Crippen LogP contribution in [0.15, 0.2) is 10.9 Å². The molecule has 1 amide bonds. The number of likely N-dealkylation sites (N-methyl/N-ethyl adjacent to an activating group) is 1. The van der Waals surface area contributed by atoms with Gasteiger partial charge in [0, 0.05) is 38.1 Å². The molecule has 8 heteroatoms. The van der Waals surface area contributed by atoms with Crippen molar-refractivity contribution < 1.29 is 9.18 Å². The number of pyridine rings is 2. The van der Waals surface area contributed by atoms with Crippen LogP contribution in [0.4, 0.5) is 15.8 Å². The van der Waals surface area contributed by atoms with Crippen molar-refractivity contribution in [2.24, 2.45) is 7.05 Å². The lowest BCUT2D eigenvalue weighted by molar-refractivity contribution is -0.121. The molecule has 0 bridgehead atoms. The van der Waals surface area contributed by atoms with Crippen LogP contribution in [0.2, 0.25) is 0 Å². The summed E-state index contributed by atoms with van der Waals surface area (Å²) in [6, 6.07) is 1.27. The molecule has 0 saturated carbocycles. The molecule has 2 aromatic heterocycles. The molecule has 0 aliphatic carbocycles. The Morgan fingerprint density at radius 3 is 2.61 bits per heavy atom. The van der Waals surface area contributed by atoms with Crippen molar-refractivity contribution in [3.05, 3.63) is 27.9 Å². The standard InChI is InChI=1S/C20H26FN5O2/c1-6-7-25-17-16(26-9-11(2)23(4)10-15(26)19(25)27)13-8-14(21)12(3)22-18(13)24(5)20(17)28/h8,11,15H,6-7,9-10H2,1-5H3. The zero-order valence-electron chi connectivity index (χ0n) is 17.0. The van der Waals surface area contributed by atoms with E-state index < -0.39 is 5.82 Å². The average molecular weight is 387 g/mol. The highest BCUT2D eigenvalue weighted by Crippen LogP contribution is 2.41. The fourth-order valence-electron chi connectivity index (χ4n) is 4.31. The Hall–Kier alpha value is -2.48. The monoisotopic (exact) mass is 387 g/mol. The van der Waals surface area contributed by atoms with Gasteiger partial charge in [0.25, 0.3) is 11.5 Å². The molecule has 0 radical (unpaired) electrons. The molecule has 1 fully saturated rings. The third-order valence-corrected chi connectivity index (χ3v) is 6.04. The molecule has 0 aromatic carbocycles. The van der Waals surface area contributed by atoms with E-state index in [4.69, 9.17) is 0 Å². The Balaban J connectivity index is 2.09. The number of aromatic nitrogens is 2.